The number of hydrogen-bond acceptors (Lipinski definition) is 3. The van der Waals surface area contributed by atoms with Gasteiger partial charge in [-0.3, -0.25) is 0 Å². The zero-order chi connectivity index (χ0) is 13.7. The molecule has 0 saturated heterocycles. The standard InChI is InChI=1S/C15H18BrNOS/c1-3-17-15(13-9-10-14(16)19-13)11-5-7-12(8-6-11)18-4-2/h5-10,15,17H,3-4H2,1-2H3. The molecule has 1 atom stereocenters. The van der Waals surface area contributed by atoms with Crippen LogP contribution in [0.4, 0.5) is 0 Å². The van der Waals surface area contributed by atoms with E-state index in [2.05, 4.69) is 52.4 Å². The van der Waals surface area contributed by atoms with Gasteiger partial charge in [-0.05, 0) is 59.2 Å². The van der Waals surface area contributed by atoms with Gasteiger partial charge in [0.2, 0.25) is 0 Å². The summed E-state index contributed by atoms with van der Waals surface area (Å²) in [5, 5.41) is 3.53. The predicted octanol–water partition coefficient (Wildman–Crippen LogP) is 4.61. The quantitative estimate of drug-likeness (QED) is 0.829. The number of ether oxygens (including phenoxy) is 1. The molecule has 0 aliphatic rings. The highest BCUT2D eigenvalue weighted by molar-refractivity contribution is 9.11. The predicted molar refractivity (Wildman–Crippen MR) is 85.1 cm³/mol. The monoisotopic (exact) mass is 339 g/mol. The van der Waals surface area contributed by atoms with Crippen LogP contribution in [0.3, 0.4) is 0 Å². The van der Waals surface area contributed by atoms with Crippen molar-refractivity contribution in [1.29, 1.82) is 0 Å². The first-order valence-corrected chi connectivity index (χ1v) is 8.07. The molecule has 1 heterocycles. The molecule has 1 N–H and O–H groups in total. The lowest BCUT2D eigenvalue weighted by Gasteiger charge is -2.17. The lowest BCUT2D eigenvalue weighted by atomic mass is 10.1. The molecule has 1 unspecified atom stereocenters. The Hall–Kier alpha value is -0.840. The fraction of sp³-hybridized carbons (Fsp3) is 0.333. The topological polar surface area (TPSA) is 21.3 Å². The fourth-order valence-corrected chi connectivity index (χ4v) is 3.52. The Labute approximate surface area is 126 Å². The molecule has 2 rings (SSSR count). The second kappa shape index (κ2) is 7.08. The van der Waals surface area contributed by atoms with E-state index in [1.807, 2.05) is 19.1 Å². The minimum Gasteiger partial charge on any atom is -0.494 e. The molecule has 0 aliphatic heterocycles. The van der Waals surface area contributed by atoms with Gasteiger partial charge in [0.1, 0.15) is 5.75 Å². The Morgan fingerprint density at radius 1 is 1.16 bits per heavy atom. The lowest BCUT2D eigenvalue weighted by Crippen LogP contribution is -2.20. The minimum atomic E-state index is 0.247. The van der Waals surface area contributed by atoms with Gasteiger partial charge in [0.25, 0.3) is 0 Å². The van der Waals surface area contributed by atoms with Crippen molar-refractivity contribution in [1.82, 2.24) is 5.32 Å². The van der Waals surface area contributed by atoms with E-state index in [0.717, 1.165) is 16.1 Å². The van der Waals surface area contributed by atoms with Crippen LogP contribution in [0.15, 0.2) is 40.2 Å². The van der Waals surface area contributed by atoms with Gasteiger partial charge in [-0.25, -0.2) is 0 Å². The second-order valence-electron chi connectivity index (χ2n) is 4.13. The molecule has 19 heavy (non-hydrogen) atoms. The molecule has 0 spiro atoms. The smallest absolute Gasteiger partial charge is 0.119 e. The molecule has 4 heteroatoms. The zero-order valence-corrected chi connectivity index (χ0v) is 13.6. The van der Waals surface area contributed by atoms with E-state index in [0.29, 0.717) is 6.61 Å². The summed E-state index contributed by atoms with van der Waals surface area (Å²) in [4.78, 5) is 1.32. The molecule has 0 bridgehead atoms. The third-order valence-electron chi connectivity index (χ3n) is 2.81. The molecule has 0 radical (unpaired) electrons. The molecule has 0 fully saturated rings. The fourth-order valence-electron chi connectivity index (χ4n) is 1.99. The molecule has 2 nitrogen and oxygen atoms in total. The van der Waals surface area contributed by atoms with E-state index in [-0.39, 0.29) is 6.04 Å². The summed E-state index contributed by atoms with van der Waals surface area (Å²) in [6.07, 6.45) is 0. The van der Waals surface area contributed by atoms with Crippen molar-refractivity contribution in [2.24, 2.45) is 0 Å². The number of thiophene rings is 1. The lowest BCUT2D eigenvalue weighted by molar-refractivity contribution is 0.340. The summed E-state index contributed by atoms with van der Waals surface area (Å²) >= 11 is 5.30. The molecular weight excluding hydrogens is 322 g/mol. The van der Waals surface area contributed by atoms with Gasteiger partial charge in [0.15, 0.2) is 0 Å². The molecule has 1 aromatic heterocycles. The van der Waals surface area contributed by atoms with Crippen molar-refractivity contribution < 1.29 is 4.74 Å². The van der Waals surface area contributed by atoms with Gasteiger partial charge < -0.3 is 10.1 Å². The van der Waals surface area contributed by atoms with E-state index >= 15 is 0 Å². The Morgan fingerprint density at radius 3 is 2.42 bits per heavy atom. The van der Waals surface area contributed by atoms with E-state index in [9.17, 15) is 0 Å². The van der Waals surface area contributed by atoms with E-state index in [1.54, 1.807) is 11.3 Å². The maximum Gasteiger partial charge on any atom is 0.119 e. The van der Waals surface area contributed by atoms with Crippen LogP contribution in [0.5, 0.6) is 5.75 Å². The number of benzene rings is 1. The normalized spacial score (nSPS) is 12.4. The van der Waals surface area contributed by atoms with E-state index in [1.165, 1.54) is 10.4 Å². The van der Waals surface area contributed by atoms with Crippen molar-refractivity contribution in [3.05, 3.63) is 50.6 Å². The van der Waals surface area contributed by atoms with Crippen molar-refractivity contribution >= 4 is 27.3 Å². The Bertz CT molecular complexity index is 509. The first kappa shape index (κ1) is 14.6. The molecule has 0 aliphatic carbocycles. The van der Waals surface area contributed by atoms with E-state index < -0.39 is 0 Å². The molecule has 0 amide bonds. The van der Waals surface area contributed by atoms with Crippen LogP contribution in [-0.2, 0) is 0 Å². The summed E-state index contributed by atoms with van der Waals surface area (Å²) in [6.45, 7) is 5.77. The van der Waals surface area contributed by atoms with Crippen LogP contribution in [0.2, 0.25) is 0 Å². The zero-order valence-electron chi connectivity index (χ0n) is 11.2. The van der Waals surface area contributed by atoms with Crippen LogP contribution >= 0.6 is 27.3 Å². The van der Waals surface area contributed by atoms with Gasteiger partial charge >= 0.3 is 0 Å². The largest absolute Gasteiger partial charge is 0.494 e. The Kier molecular flexibility index (Phi) is 5.43. The van der Waals surface area contributed by atoms with Gasteiger partial charge in [-0.1, -0.05) is 19.1 Å². The third-order valence-corrected chi connectivity index (χ3v) is 4.50. The Balaban J connectivity index is 2.23. The number of nitrogens with one attached hydrogen (secondary N) is 1. The van der Waals surface area contributed by atoms with Crippen LogP contribution in [0.25, 0.3) is 0 Å². The minimum absolute atomic E-state index is 0.247. The number of hydrogen-bond donors (Lipinski definition) is 1. The maximum absolute atomic E-state index is 5.49. The van der Waals surface area contributed by atoms with Crippen LogP contribution in [-0.4, -0.2) is 13.2 Å². The van der Waals surface area contributed by atoms with Gasteiger partial charge in [-0.15, -0.1) is 11.3 Å². The average molecular weight is 340 g/mol. The van der Waals surface area contributed by atoms with Crippen molar-refractivity contribution in [2.75, 3.05) is 13.2 Å². The second-order valence-corrected chi connectivity index (χ2v) is 6.63. The van der Waals surface area contributed by atoms with Gasteiger partial charge in [-0.2, -0.15) is 0 Å². The van der Waals surface area contributed by atoms with E-state index in [4.69, 9.17) is 4.74 Å². The molecule has 0 saturated carbocycles. The summed E-state index contributed by atoms with van der Waals surface area (Å²) in [7, 11) is 0. The van der Waals surface area contributed by atoms with Crippen molar-refractivity contribution in [3.8, 4) is 5.75 Å². The highest BCUT2D eigenvalue weighted by Crippen LogP contribution is 2.31. The molecule has 2 aromatic rings. The average Bonchev–Trinajstić information content (AvgIpc) is 2.84. The van der Waals surface area contributed by atoms with Crippen LogP contribution in [0.1, 0.15) is 30.3 Å². The highest BCUT2D eigenvalue weighted by atomic mass is 79.9. The molecule has 1 aromatic carbocycles. The molecular formula is C15H18BrNOS. The summed E-state index contributed by atoms with van der Waals surface area (Å²) < 4.78 is 6.65. The first-order valence-electron chi connectivity index (χ1n) is 6.46. The Morgan fingerprint density at radius 2 is 1.89 bits per heavy atom. The van der Waals surface area contributed by atoms with Crippen LogP contribution in [0, 0.1) is 0 Å². The SMILES string of the molecule is CCNC(c1ccc(OCC)cc1)c1ccc(Br)s1. The van der Waals surface area contributed by atoms with Crippen LogP contribution < -0.4 is 10.1 Å². The first-order chi connectivity index (χ1) is 9.24. The van der Waals surface area contributed by atoms with Gasteiger partial charge in [0, 0.05) is 4.88 Å². The summed E-state index contributed by atoms with van der Waals surface area (Å²) in [6, 6.07) is 12.8. The maximum atomic E-state index is 5.49. The third kappa shape index (κ3) is 3.81. The van der Waals surface area contributed by atoms with Crippen molar-refractivity contribution in [3.63, 3.8) is 0 Å². The number of halogens is 1. The number of rotatable bonds is 6. The highest BCUT2D eigenvalue weighted by Gasteiger charge is 2.14. The van der Waals surface area contributed by atoms with Gasteiger partial charge in [0.05, 0.1) is 16.4 Å². The molecule has 102 valence electrons. The summed E-state index contributed by atoms with van der Waals surface area (Å²) in [5.41, 5.74) is 1.26. The summed E-state index contributed by atoms with van der Waals surface area (Å²) in [5.74, 6) is 0.925. The van der Waals surface area contributed by atoms with Crippen molar-refractivity contribution in [2.45, 2.75) is 19.9 Å².